The zero-order chi connectivity index (χ0) is 24.9. The lowest BCUT2D eigenvalue weighted by Gasteiger charge is -2.14. The van der Waals surface area contributed by atoms with Crippen LogP contribution in [0.1, 0.15) is 90.0 Å². The first kappa shape index (κ1) is 30.2. The summed E-state index contributed by atoms with van der Waals surface area (Å²) in [6.07, 6.45) is 23.5. The summed E-state index contributed by atoms with van der Waals surface area (Å²) in [5.74, 6) is 1.76. The number of hydrogen-bond donors (Lipinski definition) is 3. The normalized spacial score (nSPS) is 17.6. The largest absolute Gasteiger partial charge is 0.451 e. The summed E-state index contributed by atoms with van der Waals surface area (Å²) in [7, 11) is -1.10. The van der Waals surface area contributed by atoms with Crippen LogP contribution in [0, 0.1) is 11.8 Å². The third kappa shape index (κ3) is 15.9. The van der Waals surface area contributed by atoms with Gasteiger partial charge < -0.3 is 15.4 Å². The van der Waals surface area contributed by atoms with Crippen LogP contribution in [0.25, 0.3) is 0 Å². The van der Waals surface area contributed by atoms with Crippen molar-refractivity contribution in [2.24, 2.45) is 11.8 Å². The Morgan fingerprint density at radius 2 is 1.79 bits per heavy atom. The van der Waals surface area contributed by atoms with Crippen LogP contribution in [0.4, 0.5) is 0 Å². The topological polar surface area (TPSA) is 69.6 Å². The van der Waals surface area contributed by atoms with Crippen molar-refractivity contribution in [3.05, 3.63) is 60.2 Å². The summed E-state index contributed by atoms with van der Waals surface area (Å²) in [4.78, 5) is 11.4. The maximum Gasteiger partial charge on any atom is 0.451 e. The average molecular weight is 470 g/mol. The van der Waals surface area contributed by atoms with Crippen LogP contribution in [0.15, 0.2) is 54.6 Å². The van der Waals surface area contributed by atoms with Crippen LogP contribution in [-0.2, 0) is 11.2 Å². The quantitative estimate of drug-likeness (QED) is 0.156. The Hall–Kier alpha value is -1.85. The number of rotatable bonds is 15. The zero-order valence-electron chi connectivity index (χ0n) is 21.6. The number of amides is 1. The van der Waals surface area contributed by atoms with Gasteiger partial charge in [-0.1, -0.05) is 80.8 Å². The number of hydrogen-bond acceptors (Lipinski definition) is 3. The summed E-state index contributed by atoms with van der Waals surface area (Å²) >= 11 is 0. The molecule has 1 fully saturated rings. The minimum atomic E-state index is -1.10. The molecule has 5 heteroatoms. The Bertz CT molecular complexity index is 675. The Balaban J connectivity index is 0.000000718. The van der Waals surface area contributed by atoms with E-state index >= 15 is 0 Å². The van der Waals surface area contributed by atoms with Gasteiger partial charge in [-0.05, 0) is 82.0 Å². The highest BCUT2D eigenvalue weighted by atomic mass is 16.4. The van der Waals surface area contributed by atoms with Crippen LogP contribution in [-0.4, -0.2) is 29.6 Å². The number of carbonyl (C=O) groups excluding carboxylic acids is 1. The highest BCUT2D eigenvalue weighted by Gasteiger charge is 2.23. The van der Waals surface area contributed by atoms with E-state index in [1.54, 1.807) is 0 Å². The molecule has 0 saturated heterocycles. The number of aryl methyl sites for hydroxylation is 1. The van der Waals surface area contributed by atoms with Crippen molar-refractivity contribution in [2.75, 3.05) is 6.54 Å². The number of unbranched alkanes of at least 4 members (excludes halogenated alkanes) is 3. The Kier molecular flexibility index (Phi) is 18.2. The fourth-order valence-corrected chi connectivity index (χ4v) is 4.39. The van der Waals surface area contributed by atoms with Gasteiger partial charge in [0.05, 0.1) is 0 Å². The van der Waals surface area contributed by atoms with E-state index in [1.807, 2.05) is 13.8 Å². The van der Waals surface area contributed by atoms with Gasteiger partial charge in [-0.2, -0.15) is 0 Å². The number of allylic oxidation sites excluding steroid dienone is 4. The van der Waals surface area contributed by atoms with Gasteiger partial charge in [0.15, 0.2) is 0 Å². The molecule has 4 nitrogen and oxygen atoms in total. The van der Waals surface area contributed by atoms with Crippen molar-refractivity contribution in [1.29, 1.82) is 0 Å². The lowest BCUT2D eigenvalue weighted by atomic mass is 9.84. The van der Waals surface area contributed by atoms with Gasteiger partial charge in [0.2, 0.25) is 5.91 Å². The van der Waals surface area contributed by atoms with Crippen molar-refractivity contribution in [3.8, 4) is 0 Å². The standard InChI is InChI=1S/C25H37NO.C4H11BO2/c1-2-26-25(27)21-12-4-3-10-17-23-19-13-20-24(23)18-11-6-9-16-22-14-7-5-8-15-22;1-2-3-4-5(6)7/h3,5,7-8,10-11,14-15,18,23-24H,2,4,6,9,12-13,16-17,19-21H2,1H3,(H,26,27);6-7H,2-4H2,1H3/b10-3-,18-11+;/t23-,24?;/m0./s1. The highest BCUT2D eigenvalue weighted by Crippen LogP contribution is 2.35. The molecule has 0 bridgehead atoms. The molecule has 0 heterocycles. The smallest absolute Gasteiger partial charge is 0.427 e. The molecule has 0 aromatic heterocycles. The molecule has 1 saturated carbocycles. The molecule has 1 unspecified atom stereocenters. The molecule has 3 N–H and O–H groups in total. The number of nitrogens with one attached hydrogen (secondary N) is 1. The summed E-state index contributed by atoms with van der Waals surface area (Å²) in [6.45, 7) is 4.72. The molecule has 0 radical (unpaired) electrons. The van der Waals surface area contributed by atoms with Crippen LogP contribution < -0.4 is 5.32 Å². The second-order valence-electron chi connectivity index (χ2n) is 9.34. The third-order valence-corrected chi connectivity index (χ3v) is 6.35. The molecular weight excluding hydrogens is 421 g/mol. The SMILES string of the molecule is CCCCB(O)O.CCNC(=O)CCC/C=C\C[C@H]1CCCC1/C=C/CCCc1ccccc1. The van der Waals surface area contributed by atoms with Crippen LogP contribution in [0.2, 0.25) is 6.32 Å². The molecule has 34 heavy (non-hydrogen) atoms. The maximum absolute atomic E-state index is 11.4. The number of carbonyl (C=O) groups is 1. The van der Waals surface area contributed by atoms with Gasteiger partial charge in [0, 0.05) is 13.0 Å². The van der Waals surface area contributed by atoms with Crippen molar-refractivity contribution >= 4 is 13.0 Å². The minimum Gasteiger partial charge on any atom is -0.427 e. The van der Waals surface area contributed by atoms with Gasteiger partial charge >= 0.3 is 7.12 Å². The van der Waals surface area contributed by atoms with Crippen molar-refractivity contribution in [2.45, 2.75) is 97.2 Å². The monoisotopic (exact) mass is 469 g/mol. The van der Waals surface area contributed by atoms with E-state index < -0.39 is 7.12 Å². The molecule has 0 spiro atoms. The summed E-state index contributed by atoms with van der Waals surface area (Å²) < 4.78 is 0. The molecule has 1 aliphatic carbocycles. The molecule has 190 valence electrons. The van der Waals surface area contributed by atoms with Gasteiger partial charge in [-0.15, -0.1) is 0 Å². The van der Waals surface area contributed by atoms with Crippen LogP contribution in [0.3, 0.4) is 0 Å². The predicted molar refractivity (Wildman–Crippen MR) is 146 cm³/mol. The van der Waals surface area contributed by atoms with Gasteiger partial charge in [0.25, 0.3) is 0 Å². The number of benzene rings is 1. The second-order valence-corrected chi connectivity index (χ2v) is 9.34. The maximum atomic E-state index is 11.4. The van der Waals surface area contributed by atoms with E-state index in [1.165, 1.54) is 50.5 Å². The Morgan fingerprint density at radius 1 is 1.03 bits per heavy atom. The fourth-order valence-electron chi connectivity index (χ4n) is 4.39. The summed E-state index contributed by atoms with van der Waals surface area (Å²) in [6, 6.07) is 10.8. The first-order chi connectivity index (χ1) is 16.6. The summed E-state index contributed by atoms with van der Waals surface area (Å²) in [5.41, 5.74) is 1.45. The van der Waals surface area contributed by atoms with E-state index in [0.717, 1.165) is 44.1 Å². The van der Waals surface area contributed by atoms with Gasteiger partial charge in [-0.25, -0.2) is 0 Å². The van der Waals surface area contributed by atoms with Crippen LogP contribution in [0.5, 0.6) is 0 Å². The molecule has 1 aliphatic rings. The highest BCUT2D eigenvalue weighted by molar-refractivity contribution is 6.40. The molecule has 1 aromatic rings. The van der Waals surface area contributed by atoms with E-state index in [-0.39, 0.29) is 5.91 Å². The molecule has 1 aromatic carbocycles. The minimum absolute atomic E-state index is 0.180. The zero-order valence-corrected chi connectivity index (χ0v) is 21.6. The average Bonchev–Trinajstić information content (AvgIpc) is 3.28. The van der Waals surface area contributed by atoms with E-state index in [4.69, 9.17) is 10.0 Å². The van der Waals surface area contributed by atoms with E-state index in [0.29, 0.717) is 12.7 Å². The molecular formula is C29H48BNO3. The van der Waals surface area contributed by atoms with Crippen LogP contribution >= 0.6 is 0 Å². The molecule has 1 amide bonds. The van der Waals surface area contributed by atoms with E-state index in [9.17, 15) is 4.79 Å². The first-order valence-corrected chi connectivity index (χ1v) is 13.5. The molecule has 2 rings (SSSR count). The third-order valence-electron chi connectivity index (χ3n) is 6.35. The molecule has 0 aliphatic heterocycles. The first-order valence-electron chi connectivity index (χ1n) is 13.5. The van der Waals surface area contributed by atoms with E-state index in [2.05, 4.69) is 60.0 Å². The Labute approximate surface area is 209 Å². The van der Waals surface area contributed by atoms with Crippen molar-refractivity contribution in [3.63, 3.8) is 0 Å². The molecule has 2 atom stereocenters. The summed E-state index contributed by atoms with van der Waals surface area (Å²) in [5, 5.41) is 19.3. The van der Waals surface area contributed by atoms with Crippen molar-refractivity contribution in [1.82, 2.24) is 5.32 Å². The lowest BCUT2D eigenvalue weighted by Crippen LogP contribution is -2.21. The Morgan fingerprint density at radius 3 is 2.47 bits per heavy atom. The van der Waals surface area contributed by atoms with Crippen molar-refractivity contribution < 1.29 is 14.8 Å². The lowest BCUT2D eigenvalue weighted by molar-refractivity contribution is -0.121. The van der Waals surface area contributed by atoms with Gasteiger partial charge in [-0.3, -0.25) is 4.79 Å². The fraction of sp³-hybridized carbons (Fsp3) is 0.621. The van der Waals surface area contributed by atoms with Gasteiger partial charge in [0.1, 0.15) is 0 Å². The predicted octanol–water partition coefficient (Wildman–Crippen LogP) is 6.49. The second kappa shape index (κ2) is 20.5.